The van der Waals surface area contributed by atoms with E-state index in [2.05, 4.69) is 6.92 Å². The molecule has 0 radical (unpaired) electrons. The monoisotopic (exact) mass is 270 g/mol. The van der Waals surface area contributed by atoms with E-state index < -0.39 is 5.97 Å². The van der Waals surface area contributed by atoms with Gasteiger partial charge in [-0.05, 0) is 32.1 Å². The number of carbonyl (C=O) groups is 2. The first kappa shape index (κ1) is 15.8. The maximum Gasteiger partial charge on any atom is 0.319 e. The highest BCUT2D eigenvalue weighted by Crippen LogP contribution is 2.20. The number of nitrogens with zero attached hydrogens (tertiary/aromatic N) is 2. The fourth-order valence-corrected chi connectivity index (χ4v) is 2.59. The van der Waals surface area contributed by atoms with Gasteiger partial charge in [-0.2, -0.15) is 0 Å². The van der Waals surface area contributed by atoms with Crippen LogP contribution in [-0.2, 0) is 4.79 Å². The molecule has 0 aromatic carbocycles. The van der Waals surface area contributed by atoms with Crippen molar-refractivity contribution in [3.8, 4) is 0 Å². The van der Waals surface area contributed by atoms with Crippen molar-refractivity contribution in [2.24, 2.45) is 5.92 Å². The molecule has 1 aliphatic heterocycles. The molecule has 5 nitrogen and oxygen atoms in total. The van der Waals surface area contributed by atoms with Gasteiger partial charge in [0.1, 0.15) is 0 Å². The van der Waals surface area contributed by atoms with Crippen LogP contribution in [0.4, 0.5) is 4.79 Å². The molecule has 110 valence electrons. The van der Waals surface area contributed by atoms with Crippen molar-refractivity contribution in [2.75, 3.05) is 26.2 Å². The lowest BCUT2D eigenvalue weighted by molar-refractivity contribution is -0.138. The SMILES string of the molecule is CCCCN(CC)C(=O)N1CCCC(CC(=O)O)C1. The van der Waals surface area contributed by atoms with E-state index in [-0.39, 0.29) is 18.4 Å². The second-order valence-corrected chi connectivity index (χ2v) is 5.27. The molecular weight excluding hydrogens is 244 g/mol. The number of piperidine rings is 1. The van der Waals surface area contributed by atoms with Gasteiger partial charge < -0.3 is 14.9 Å². The summed E-state index contributed by atoms with van der Waals surface area (Å²) in [5, 5.41) is 8.85. The number of hydrogen-bond acceptors (Lipinski definition) is 2. The van der Waals surface area contributed by atoms with E-state index in [0.717, 1.165) is 45.3 Å². The number of unbranched alkanes of at least 4 members (excludes halogenated alkanes) is 1. The molecule has 1 N–H and O–H groups in total. The van der Waals surface area contributed by atoms with Crippen LogP contribution in [0.1, 0.15) is 46.0 Å². The molecular formula is C14H26N2O3. The number of carboxylic acid groups (broad SMARTS) is 1. The molecule has 1 heterocycles. The maximum atomic E-state index is 12.4. The van der Waals surface area contributed by atoms with Gasteiger partial charge in [0.25, 0.3) is 0 Å². The van der Waals surface area contributed by atoms with Gasteiger partial charge >= 0.3 is 12.0 Å². The molecule has 1 unspecified atom stereocenters. The van der Waals surface area contributed by atoms with Crippen molar-refractivity contribution in [1.82, 2.24) is 9.80 Å². The molecule has 2 amide bonds. The van der Waals surface area contributed by atoms with Gasteiger partial charge in [-0.3, -0.25) is 4.79 Å². The van der Waals surface area contributed by atoms with Crippen LogP contribution in [0, 0.1) is 5.92 Å². The zero-order valence-corrected chi connectivity index (χ0v) is 12.1. The highest BCUT2D eigenvalue weighted by Gasteiger charge is 2.27. The van der Waals surface area contributed by atoms with Crippen molar-refractivity contribution < 1.29 is 14.7 Å². The number of aliphatic carboxylic acids is 1. The summed E-state index contributed by atoms with van der Waals surface area (Å²) >= 11 is 0. The summed E-state index contributed by atoms with van der Waals surface area (Å²) in [6.45, 7) is 6.98. The molecule has 1 atom stereocenters. The summed E-state index contributed by atoms with van der Waals surface area (Å²) < 4.78 is 0. The Kier molecular flexibility index (Phi) is 6.67. The number of carboxylic acids is 1. The van der Waals surface area contributed by atoms with E-state index >= 15 is 0 Å². The summed E-state index contributed by atoms with van der Waals surface area (Å²) in [7, 11) is 0. The van der Waals surface area contributed by atoms with Gasteiger partial charge in [-0.1, -0.05) is 13.3 Å². The Hall–Kier alpha value is -1.26. The highest BCUT2D eigenvalue weighted by atomic mass is 16.4. The molecule has 0 bridgehead atoms. The van der Waals surface area contributed by atoms with E-state index in [1.807, 2.05) is 16.7 Å². The number of likely N-dealkylation sites (tertiary alicyclic amines) is 1. The van der Waals surface area contributed by atoms with Crippen LogP contribution < -0.4 is 0 Å². The second-order valence-electron chi connectivity index (χ2n) is 5.27. The van der Waals surface area contributed by atoms with Gasteiger partial charge in [-0.25, -0.2) is 4.79 Å². The van der Waals surface area contributed by atoms with Crippen LogP contribution >= 0.6 is 0 Å². The Morgan fingerprint density at radius 1 is 1.37 bits per heavy atom. The summed E-state index contributed by atoms with van der Waals surface area (Å²) in [6, 6.07) is 0.0750. The minimum atomic E-state index is -0.766. The summed E-state index contributed by atoms with van der Waals surface area (Å²) in [6.07, 6.45) is 4.09. The van der Waals surface area contributed by atoms with E-state index in [4.69, 9.17) is 5.11 Å². The number of rotatable bonds is 6. The summed E-state index contributed by atoms with van der Waals surface area (Å²) in [5.74, 6) is -0.655. The number of urea groups is 1. The largest absolute Gasteiger partial charge is 0.481 e. The molecule has 1 fully saturated rings. The zero-order chi connectivity index (χ0) is 14.3. The number of hydrogen-bond donors (Lipinski definition) is 1. The van der Waals surface area contributed by atoms with Gasteiger partial charge in [-0.15, -0.1) is 0 Å². The Balaban J connectivity index is 2.52. The first-order valence-corrected chi connectivity index (χ1v) is 7.34. The van der Waals surface area contributed by atoms with Crippen molar-refractivity contribution in [3.63, 3.8) is 0 Å². The number of carbonyl (C=O) groups excluding carboxylic acids is 1. The smallest absolute Gasteiger partial charge is 0.319 e. The van der Waals surface area contributed by atoms with E-state index in [1.54, 1.807) is 0 Å². The lowest BCUT2D eigenvalue weighted by Gasteiger charge is -2.35. The summed E-state index contributed by atoms with van der Waals surface area (Å²) in [5.41, 5.74) is 0. The molecule has 0 saturated carbocycles. The van der Waals surface area contributed by atoms with Gasteiger partial charge in [0.05, 0.1) is 0 Å². The standard InChI is InChI=1S/C14H26N2O3/c1-3-5-8-15(4-2)14(19)16-9-6-7-12(11-16)10-13(17)18/h12H,3-11H2,1-2H3,(H,17,18). The highest BCUT2D eigenvalue weighted by molar-refractivity contribution is 5.74. The minimum absolute atomic E-state index is 0.0750. The Morgan fingerprint density at radius 2 is 2.11 bits per heavy atom. The minimum Gasteiger partial charge on any atom is -0.481 e. The van der Waals surface area contributed by atoms with Crippen LogP contribution in [0.15, 0.2) is 0 Å². The first-order valence-electron chi connectivity index (χ1n) is 7.34. The lowest BCUT2D eigenvalue weighted by Crippen LogP contribution is -2.48. The molecule has 5 heteroatoms. The van der Waals surface area contributed by atoms with Gasteiger partial charge in [0, 0.05) is 32.6 Å². The van der Waals surface area contributed by atoms with E-state index in [9.17, 15) is 9.59 Å². The quantitative estimate of drug-likeness (QED) is 0.806. The van der Waals surface area contributed by atoms with Crippen molar-refractivity contribution >= 4 is 12.0 Å². The average molecular weight is 270 g/mol. The third kappa shape index (κ3) is 5.09. The van der Waals surface area contributed by atoms with Crippen LogP contribution in [-0.4, -0.2) is 53.1 Å². The lowest BCUT2D eigenvalue weighted by atomic mass is 9.95. The molecule has 19 heavy (non-hydrogen) atoms. The Labute approximate surface area is 115 Å². The van der Waals surface area contributed by atoms with Gasteiger partial charge in [0.15, 0.2) is 0 Å². The molecule has 0 aromatic rings. The van der Waals surface area contributed by atoms with Crippen LogP contribution in [0.3, 0.4) is 0 Å². The molecule has 1 rings (SSSR count). The fourth-order valence-electron chi connectivity index (χ4n) is 2.59. The molecule has 0 aromatic heterocycles. The molecule has 0 spiro atoms. The van der Waals surface area contributed by atoms with Gasteiger partial charge in [0.2, 0.25) is 0 Å². The van der Waals surface area contributed by atoms with Crippen LogP contribution in [0.5, 0.6) is 0 Å². The topological polar surface area (TPSA) is 60.9 Å². The van der Waals surface area contributed by atoms with E-state index in [1.165, 1.54) is 0 Å². The number of amides is 2. The summed E-state index contributed by atoms with van der Waals surface area (Å²) in [4.78, 5) is 26.8. The first-order chi connectivity index (χ1) is 9.08. The van der Waals surface area contributed by atoms with Crippen molar-refractivity contribution in [2.45, 2.75) is 46.0 Å². The second kappa shape index (κ2) is 8.02. The van der Waals surface area contributed by atoms with Crippen LogP contribution in [0.2, 0.25) is 0 Å². The molecule has 1 aliphatic rings. The third-order valence-corrected chi connectivity index (χ3v) is 3.69. The molecule has 1 saturated heterocycles. The predicted octanol–water partition coefficient (Wildman–Crippen LogP) is 2.42. The zero-order valence-electron chi connectivity index (χ0n) is 12.1. The normalized spacial score (nSPS) is 19.3. The Morgan fingerprint density at radius 3 is 2.68 bits per heavy atom. The van der Waals surface area contributed by atoms with Crippen molar-refractivity contribution in [1.29, 1.82) is 0 Å². The Bertz CT molecular complexity index is 307. The fraction of sp³-hybridized carbons (Fsp3) is 0.857. The van der Waals surface area contributed by atoms with Crippen LogP contribution in [0.25, 0.3) is 0 Å². The molecule has 0 aliphatic carbocycles. The predicted molar refractivity (Wildman–Crippen MR) is 74.1 cm³/mol. The third-order valence-electron chi connectivity index (χ3n) is 3.69. The van der Waals surface area contributed by atoms with Crippen molar-refractivity contribution in [3.05, 3.63) is 0 Å². The van der Waals surface area contributed by atoms with E-state index in [0.29, 0.717) is 6.54 Å². The average Bonchev–Trinajstić information content (AvgIpc) is 2.39. The maximum absolute atomic E-state index is 12.4.